The number of hydrogen-bond donors (Lipinski definition) is 1. The van der Waals surface area contributed by atoms with Crippen molar-refractivity contribution in [3.63, 3.8) is 0 Å². The number of carbonyl (C=O) groups excluding carboxylic acids is 1. The predicted octanol–water partition coefficient (Wildman–Crippen LogP) is 3.23. The molecule has 0 aliphatic carbocycles. The Bertz CT molecular complexity index is 308. The van der Waals surface area contributed by atoms with E-state index in [0.29, 0.717) is 0 Å². The van der Waals surface area contributed by atoms with E-state index in [2.05, 4.69) is 6.92 Å². The summed E-state index contributed by atoms with van der Waals surface area (Å²) in [5.74, 6) is -0.319. The first-order chi connectivity index (χ1) is 7.75. The Morgan fingerprint density at radius 3 is 2.44 bits per heavy atom. The standard InChI is InChI=1S/C14H21NO/c1-2-3-4-8-11-13(14(15)16)12-9-6-5-7-10-12/h5-7,9-10,13H,2-4,8,11H2,1H3,(H2,15,16). The van der Waals surface area contributed by atoms with Crippen LogP contribution in [0, 0.1) is 0 Å². The molecule has 0 aliphatic rings. The lowest BCUT2D eigenvalue weighted by atomic mass is 9.92. The molecular weight excluding hydrogens is 198 g/mol. The summed E-state index contributed by atoms with van der Waals surface area (Å²) < 4.78 is 0. The molecule has 2 nitrogen and oxygen atoms in total. The molecular formula is C14H21NO. The lowest BCUT2D eigenvalue weighted by Gasteiger charge is -2.13. The molecule has 1 atom stereocenters. The second kappa shape index (κ2) is 7.04. The van der Waals surface area contributed by atoms with Crippen molar-refractivity contribution in [2.75, 3.05) is 0 Å². The largest absolute Gasteiger partial charge is 0.369 e. The first kappa shape index (κ1) is 12.8. The number of carbonyl (C=O) groups is 1. The van der Waals surface area contributed by atoms with Crippen molar-refractivity contribution in [3.05, 3.63) is 35.9 Å². The Labute approximate surface area is 97.9 Å². The molecule has 0 saturated carbocycles. The van der Waals surface area contributed by atoms with E-state index < -0.39 is 0 Å². The maximum atomic E-state index is 11.4. The Kier molecular flexibility index (Phi) is 5.62. The second-order valence-corrected chi connectivity index (χ2v) is 4.21. The van der Waals surface area contributed by atoms with Gasteiger partial charge in [0.15, 0.2) is 0 Å². The van der Waals surface area contributed by atoms with Crippen LogP contribution in [-0.2, 0) is 4.79 Å². The van der Waals surface area contributed by atoms with Crippen molar-refractivity contribution < 1.29 is 4.79 Å². The number of benzene rings is 1. The lowest BCUT2D eigenvalue weighted by molar-refractivity contribution is -0.119. The van der Waals surface area contributed by atoms with Crippen LogP contribution in [0.5, 0.6) is 0 Å². The Hall–Kier alpha value is -1.31. The molecule has 1 unspecified atom stereocenters. The highest BCUT2D eigenvalue weighted by atomic mass is 16.1. The summed E-state index contributed by atoms with van der Waals surface area (Å²) in [7, 11) is 0. The summed E-state index contributed by atoms with van der Waals surface area (Å²) in [6.07, 6.45) is 5.59. The maximum Gasteiger partial charge on any atom is 0.224 e. The summed E-state index contributed by atoms with van der Waals surface area (Å²) in [6, 6.07) is 9.83. The quantitative estimate of drug-likeness (QED) is 0.703. The molecule has 16 heavy (non-hydrogen) atoms. The van der Waals surface area contributed by atoms with E-state index in [1.54, 1.807) is 0 Å². The molecule has 2 N–H and O–H groups in total. The third-order valence-corrected chi connectivity index (χ3v) is 2.89. The van der Waals surface area contributed by atoms with E-state index >= 15 is 0 Å². The van der Waals surface area contributed by atoms with Gasteiger partial charge in [-0.1, -0.05) is 62.9 Å². The molecule has 0 heterocycles. The molecule has 0 aliphatic heterocycles. The first-order valence-corrected chi connectivity index (χ1v) is 6.10. The van der Waals surface area contributed by atoms with Gasteiger partial charge in [-0.2, -0.15) is 0 Å². The normalized spacial score (nSPS) is 12.3. The third-order valence-electron chi connectivity index (χ3n) is 2.89. The van der Waals surface area contributed by atoms with Gasteiger partial charge in [-0.3, -0.25) is 4.79 Å². The number of primary amides is 1. The van der Waals surface area contributed by atoms with E-state index in [4.69, 9.17) is 5.73 Å². The van der Waals surface area contributed by atoms with Crippen LogP contribution in [0.1, 0.15) is 50.5 Å². The van der Waals surface area contributed by atoms with Gasteiger partial charge in [-0.15, -0.1) is 0 Å². The summed E-state index contributed by atoms with van der Waals surface area (Å²) in [4.78, 5) is 11.4. The summed E-state index contributed by atoms with van der Waals surface area (Å²) in [5, 5.41) is 0. The average Bonchev–Trinajstić information content (AvgIpc) is 2.30. The molecule has 0 saturated heterocycles. The molecule has 1 rings (SSSR count). The molecule has 88 valence electrons. The fourth-order valence-electron chi connectivity index (χ4n) is 1.93. The summed E-state index contributed by atoms with van der Waals surface area (Å²) >= 11 is 0. The fourth-order valence-corrected chi connectivity index (χ4v) is 1.93. The van der Waals surface area contributed by atoms with Crippen LogP contribution in [0.15, 0.2) is 30.3 Å². The van der Waals surface area contributed by atoms with Gasteiger partial charge < -0.3 is 5.73 Å². The second-order valence-electron chi connectivity index (χ2n) is 4.21. The van der Waals surface area contributed by atoms with Crippen LogP contribution in [0.2, 0.25) is 0 Å². The fraction of sp³-hybridized carbons (Fsp3) is 0.500. The van der Waals surface area contributed by atoms with Gasteiger partial charge in [0.25, 0.3) is 0 Å². The number of nitrogens with two attached hydrogens (primary N) is 1. The van der Waals surface area contributed by atoms with Gasteiger partial charge in [0.1, 0.15) is 0 Å². The molecule has 1 amide bonds. The summed E-state index contributed by atoms with van der Waals surface area (Å²) in [6.45, 7) is 2.18. The summed E-state index contributed by atoms with van der Waals surface area (Å²) in [5.41, 5.74) is 6.49. The monoisotopic (exact) mass is 219 g/mol. The van der Waals surface area contributed by atoms with Crippen LogP contribution >= 0.6 is 0 Å². The minimum Gasteiger partial charge on any atom is -0.369 e. The molecule has 0 fully saturated rings. The zero-order valence-electron chi connectivity index (χ0n) is 9.99. The van der Waals surface area contributed by atoms with E-state index in [0.717, 1.165) is 18.4 Å². The van der Waals surface area contributed by atoms with Crippen molar-refractivity contribution in [1.82, 2.24) is 0 Å². The van der Waals surface area contributed by atoms with E-state index in [-0.39, 0.29) is 11.8 Å². The van der Waals surface area contributed by atoms with Crippen LogP contribution in [0.4, 0.5) is 0 Å². The highest BCUT2D eigenvalue weighted by Gasteiger charge is 2.16. The van der Waals surface area contributed by atoms with Crippen LogP contribution in [0.3, 0.4) is 0 Å². The molecule has 0 spiro atoms. The minimum atomic E-state index is -0.206. The zero-order chi connectivity index (χ0) is 11.8. The number of rotatable bonds is 7. The number of hydrogen-bond acceptors (Lipinski definition) is 1. The number of unbranched alkanes of at least 4 members (excludes halogenated alkanes) is 3. The van der Waals surface area contributed by atoms with Crippen molar-refractivity contribution >= 4 is 5.91 Å². The lowest BCUT2D eigenvalue weighted by Crippen LogP contribution is -2.21. The van der Waals surface area contributed by atoms with E-state index in [1.165, 1.54) is 19.3 Å². The highest BCUT2D eigenvalue weighted by molar-refractivity contribution is 5.81. The van der Waals surface area contributed by atoms with Crippen molar-refractivity contribution in [3.8, 4) is 0 Å². The topological polar surface area (TPSA) is 43.1 Å². The van der Waals surface area contributed by atoms with Gasteiger partial charge in [-0.25, -0.2) is 0 Å². The van der Waals surface area contributed by atoms with Gasteiger partial charge in [0, 0.05) is 0 Å². The predicted molar refractivity (Wildman–Crippen MR) is 67.1 cm³/mol. The minimum absolute atomic E-state index is 0.113. The van der Waals surface area contributed by atoms with E-state index in [9.17, 15) is 4.79 Å². The Balaban J connectivity index is 2.52. The third kappa shape index (κ3) is 4.05. The molecule has 1 aromatic carbocycles. The molecule has 0 aromatic heterocycles. The maximum absolute atomic E-state index is 11.4. The van der Waals surface area contributed by atoms with Gasteiger partial charge in [0.2, 0.25) is 5.91 Å². The molecule has 0 radical (unpaired) electrons. The Morgan fingerprint density at radius 1 is 1.19 bits per heavy atom. The molecule has 1 aromatic rings. The molecule has 2 heteroatoms. The SMILES string of the molecule is CCCCCCC(C(N)=O)c1ccccc1. The van der Waals surface area contributed by atoms with Gasteiger partial charge in [-0.05, 0) is 12.0 Å². The van der Waals surface area contributed by atoms with Crippen LogP contribution < -0.4 is 5.73 Å². The smallest absolute Gasteiger partial charge is 0.224 e. The zero-order valence-corrected chi connectivity index (χ0v) is 9.99. The van der Waals surface area contributed by atoms with Crippen LogP contribution in [0.25, 0.3) is 0 Å². The van der Waals surface area contributed by atoms with Crippen molar-refractivity contribution in [1.29, 1.82) is 0 Å². The number of amides is 1. The van der Waals surface area contributed by atoms with Crippen molar-refractivity contribution in [2.45, 2.75) is 44.9 Å². The van der Waals surface area contributed by atoms with Crippen molar-refractivity contribution in [2.24, 2.45) is 5.73 Å². The van der Waals surface area contributed by atoms with Gasteiger partial charge >= 0.3 is 0 Å². The van der Waals surface area contributed by atoms with Gasteiger partial charge in [0.05, 0.1) is 5.92 Å². The average molecular weight is 219 g/mol. The Morgan fingerprint density at radius 2 is 1.88 bits per heavy atom. The molecule has 0 bridgehead atoms. The highest BCUT2D eigenvalue weighted by Crippen LogP contribution is 2.22. The first-order valence-electron chi connectivity index (χ1n) is 6.10. The van der Waals surface area contributed by atoms with E-state index in [1.807, 2.05) is 30.3 Å². The van der Waals surface area contributed by atoms with Crippen LogP contribution in [-0.4, -0.2) is 5.91 Å².